The molecule has 0 saturated heterocycles. The lowest BCUT2D eigenvalue weighted by Crippen LogP contribution is -2.03. The molecular weight excluding hydrogens is 288 g/mol. The average Bonchev–Trinajstić information content (AvgIpc) is 2.82. The number of hydrogen-bond donors (Lipinski definition) is 1. The van der Waals surface area contributed by atoms with Crippen LogP contribution in [0.25, 0.3) is 11.0 Å². The molecule has 0 radical (unpaired) electrons. The number of halogens is 1. The maximum Gasteiger partial charge on any atom is 0.237 e. The number of furan rings is 1. The molecule has 0 atom stereocenters. The summed E-state index contributed by atoms with van der Waals surface area (Å²) in [5.41, 5.74) is 2.55. The molecule has 0 bridgehead atoms. The Bertz CT molecular complexity index is 755. The van der Waals surface area contributed by atoms with Crippen molar-refractivity contribution in [3.05, 3.63) is 53.4 Å². The molecule has 2 heterocycles. The van der Waals surface area contributed by atoms with E-state index in [-0.39, 0.29) is 0 Å². The van der Waals surface area contributed by atoms with Crippen LogP contribution in [-0.2, 0) is 6.54 Å². The maximum absolute atomic E-state index is 6.18. The number of rotatable bonds is 5. The van der Waals surface area contributed by atoms with Crippen LogP contribution in [0.5, 0.6) is 5.88 Å². The molecule has 0 spiro atoms. The summed E-state index contributed by atoms with van der Waals surface area (Å²) in [5, 5.41) is 4.72. The molecule has 0 fully saturated rings. The molecule has 108 valence electrons. The highest BCUT2D eigenvalue weighted by Crippen LogP contribution is 2.31. The Labute approximate surface area is 127 Å². The molecule has 0 amide bonds. The third kappa shape index (κ3) is 2.81. The van der Waals surface area contributed by atoms with Gasteiger partial charge in [0.05, 0.1) is 12.3 Å². The number of aromatic nitrogens is 1. The Morgan fingerprint density at radius 3 is 2.95 bits per heavy atom. The first-order chi connectivity index (χ1) is 10.3. The Hall–Kier alpha value is -2.20. The van der Waals surface area contributed by atoms with Gasteiger partial charge in [-0.3, -0.25) is 0 Å². The second kappa shape index (κ2) is 6.06. The lowest BCUT2D eigenvalue weighted by atomic mass is 10.2. The predicted molar refractivity (Wildman–Crippen MR) is 84.0 cm³/mol. The van der Waals surface area contributed by atoms with Gasteiger partial charge in [-0.25, -0.2) is 4.98 Å². The molecule has 1 N–H and O–H groups in total. The number of benzene rings is 1. The fourth-order valence-electron chi connectivity index (χ4n) is 2.19. The highest BCUT2D eigenvalue weighted by Gasteiger charge is 2.12. The first-order valence-electron chi connectivity index (χ1n) is 6.77. The van der Waals surface area contributed by atoms with Gasteiger partial charge in [0.2, 0.25) is 5.88 Å². The Kier molecular flexibility index (Phi) is 3.97. The highest BCUT2D eigenvalue weighted by molar-refractivity contribution is 6.30. The number of nitrogens with zero attached hydrogens (tertiary/aromatic N) is 1. The summed E-state index contributed by atoms with van der Waals surface area (Å²) in [6.45, 7) is 3.04. The van der Waals surface area contributed by atoms with E-state index < -0.39 is 0 Å². The predicted octanol–water partition coefficient (Wildman–Crippen LogP) is 4.49. The standard InChI is InChI=1S/C16H15ClN2O2/c1-2-20-16-13(7-5-9-18-16)19-10-12-11-6-3-4-8-14(11)21-15(12)17/h3-9,19H,2,10H2,1H3. The zero-order valence-corrected chi connectivity index (χ0v) is 12.4. The molecule has 0 saturated carbocycles. The van der Waals surface area contributed by atoms with Gasteiger partial charge in [0.15, 0.2) is 5.22 Å². The number of para-hydroxylation sites is 1. The van der Waals surface area contributed by atoms with Crippen LogP contribution in [0.2, 0.25) is 5.22 Å². The molecule has 21 heavy (non-hydrogen) atoms. The van der Waals surface area contributed by atoms with E-state index in [1.807, 2.05) is 43.3 Å². The zero-order valence-electron chi connectivity index (χ0n) is 11.6. The number of fused-ring (bicyclic) bond motifs is 1. The van der Waals surface area contributed by atoms with E-state index in [1.165, 1.54) is 0 Å². The minimum Gasteiger partial charge on any atom is -0.476 e. The van der Waals surface area contributed by atoms with Gasteiger partial charge in [-0.1, -0.05) is 18.2 Å². The quantitative estimate of drug-likeness (QED) is 0.754. The summed E-state index contributed by atoms with van der Waals surface area (Å²) in [6, 6.07) is 11.6. The maximum atomic E-state index is 6.18. The van der Waals surface area contributed by atoms with Crippen molar-refractivity contribution < 1.29 is 9.15 Å². The first kappa shape index (κ1) is 13.8. The summed E-state index contributed by atoms with van der Waals surface area (Å²) < 4.78 is 11.0. The van der Waals surface area contributed by atoms with E-state index >= 15 is 0 Å². The van der Waals surface area contributed by atoms with E-state index in [1.54, 1.807) is 6.20 Å². The van der Waals surface area contributed by atoms with E-state index in [2.05, 4.69) is 10.3 Å². The Balaban J connectivity index is 1.85. The van der Waals surface area contributed by atoms with Crippen LogP contribution in [0.1, 0.15) is 12.5 Å². The number of anilines is 1. The van der Waals surface area contributed by atoms with Crippen molar-refractivity contribution in [2.45, 2.75) is 13.5 Å². The number of hydrogen-bond acceptors (Lipinski definition) is 4. The molecule has 4 nitrogen and oxygen atoms in total. The van der Waals surface area contributed by atoms with Gasteiger partial charge in [0, 0.05) is 23.7 Å². The van der Waals surface area contributed by atoms with Crippen molar-refractivity contribution in [1.82, 2.24) is 4.98 Å². The third-order valence-corrected chi connectivity index (χ3v) is 3.46. The van der Waals surface area contributed by atoms with Crippen LogP contribution in [0.4, 0.5) is 5.69 Å². The van der Waals surface area contributed by atoms with Gasteiger partial charge in [0.1, 0.15) is 5.58 Å². The van der Waals surface area contributed by atoms with Crippen molar-refractivity contribution >= 4 is 28.3 Å². The number of pyridine rings is 1. The van der Waals surface area contributed by atoms with Crippen LogP contribution < -0.4 is 10.1 Å². The molecule has 3 aromatic rings. The summed E-state index contributed by atoms with van der Waals surface area (Å²) >= 11 is 6.18. The fraction of sp³-hybridized carbons (Fsp3) is 0.188. The number of nitrogens with one attached hydrogen (secondary N) is 1. The lowest BCUT2D eigenvalue weighted by Gasteiger charge is -2.10. The molecule has 0 aliphatic rings. The summed E-state index contributed by atoms with van der Waals surface area (Å²) in [7, 11) is 0. The summed E-state index contributed by atoms with van der Waals surface area (Å²) in [4.78, 5) is 4.21. The second-order valence-electron chi connectivity index (χ2n) is 4.49. The second-order valence-corrected chi connectivity index (χ2v) is 4.84. The molecule has 2 aromatic heterocycles. The molecule has 0 aliphatic heterocycles. The SMILES string of the molecule is CCOc1ncccc1NCc1c(Cl)oc2ccccc12. The van der Waals surface area contributed by atoms with Gasteiger partial charge < -0.3 is 14.5 Å². The highest BCUT2D eigenvalue weighted by atomic mass is 35.5. The van der Waals surface area contributed by atoms with Gasteiger partial charge in [-0.2, -0.15) is 0 Å². The molecule has 0 aliphatic carbocycles. The fourth-order valence-corrected chi connectivity index (χ4v) is 2.45. The van der Waals surface area contributed by atoms with Crippen LogP contribution in [-0.4, -0.2) is 11.6 Å². The van der Waals surface area contributed by atoms with Gasteiger partial charge in [-0.15, -0.1) is 0 Å². The van der Waals surface area contributed by atoms with Crippen molar-refractivity contribution in [2.75, 3.05) is 11.9 Å². The summed E-state index contributed by atoms with van der Waals surface area (Å²) in [5.74, 6) is 0.587. The van der Waals surface area contributed by atoms with Crippen molar-refractivity contribution in [3.8, 4) is 5.88 Å². The first-order valence-corrected chi connectivity index (χ1v) is 7.15. The van der Waals surface area contributed by atoms with Gasteiger partial charge in [0.25, 0.3) is 0 Å². The molecule has 1 aromatic carbocycles. The van der Waals surface area contributed by atoms with Crippen LogP contribution in [0, 0.1) is 0 Å². The largest absolute Gasteiger partial charge is 0.476 e. The molecule has 0 unspecified atom stereocenters. The van der Waals surface area contributed by atoms with Crippen LogP contribution in [0.15, 0.2) is 47.0 Å². The Morgan fingerprint density at radius 2 is 2.10 bits per heavy atom. The monoisotopic (exact) mass is 302 g/mol. The topological polar surface area (TPSA) is 47.3 Å². The van der Waals surface area contributed by atoms with E-state index in [0.29, 0.717) is 24.3 Å². The molecule has 5 heteroatoms. The van der Waals surface area contributed by atoms with Crippen molar-refractivity contribution in [2.24, 2.45) is 0 Å². The smallest absolute Gasteiger partial charge is 0.237 e. The number of ether oxygens (including phenoxy) is 1. The van der Waals surface area contributed by atoms with Crippen LogP contribution >= 0.6 is 11.6 Å². The lowest BCUT2D eigenvalue weighted by molar-refractivity contribution is 0.328. The van der Waals surface area contributed by atoms with Gasteiger partial charge >= 0.3 is 0 Å². The minimum absolute atomic E-state index is 0.408. The normalized spacial score (nSPS) is 10.8. The van der Waals surface area contributed by atoms with Crippen molar-refractivity contribution in [1.29, 1.82) is 0 Å². The zero-order chi connectivity index (χ0) is 14.7. The minimum atomic E-state index is 0.408. The van der Waals surface area contributed by atoms with E-state index in [0.717, 1.165) is 22.2 Å². The third-order valence-electron chi connectivity index (χ3n) is 3.16. The Morgan fingerprint density at radius 1 is 1.24 bits per heavy atom. The van der Waals surface area contributed by atoms with Crippen LogP contribution in [0.3, 0.4) is 0 Å². The van der Waals surface area contributed by atoms with E-state index in [4.69, 9.17) is 20.8 Å². The average molecular weight is 303 g/mol. The van der Waals surface area contributed by atoms with E-state index in [9.17, 15) is 0 Å². The molecular formula is C16H15ClN2O2. The summed E-state index contributed by atoms with van der Waals surface area (Å²) in [6.07, 6.45) is 1.70. The van der Waals surface area contributed by atoms with Gasteiger partial charge in [-0.05, 0) is 36.7 Å². The van der Waals surface area contributed by atoms with Crippen molar-refractivity contribution in [3.63, 3.8) is 0 Å². The molecule has 3 rings (SSSR count).